The summed E-state index contributed by atoms with van der Waals surface area (Å²) in [6.45, 7) is 2.04. The fourth-order valence-electron chi connectivity index (χ4n) is 2.23. The SMILES string of the molecule is Cc1ccc2oc(C(NN)c3ncccc3Cl)cc2c1. The first kappa shape index (κ1) is 13.1. The Bertz CT molecular complexity index is 754. The third kappa shape index (κ3) is 2.29. The molecule has 0 aliphatic rings. The van der Waals surface area contributed by atoms with Crippen molar-refractivity contribution in [2.75, 3.05) is 0 Å². The van der Waals surface area contributed by atoms with Crippen molar-refractivity contribution in [1.82, 2.24) is 10.4 Å². The van der Waals surface area contributed by atoms with E-state index in [0.29, 0.717) is 16.5 Å². The Morgan fingerprint density at radius 1 is 1.30 bits per heavy atom. The molecule has 2 aromatic heterocycles. The molecule has 20 heavy (non-hydrogen) atoms. The second-order valence-corrected chi connectivity index (χ2v) is 5.07. The molecular formula is C15H14ClN3O. The van der Waals surface area contributed by atoms with Gasteiger partial charge in [-0.25, -0.2) is 5.43 Å². The van der Waals surface area contributed by atoms with Crippen LogP contribution < -0.4 is 11.3 Å². The number of nitrogens with one attached hydrogen (secondary N) is 1. The number of aryl methyl sites for hydroxylation is 1. The summed E-state index contributed by atoms with van der Waals surface area (Å²) in [4.78, 5) is 4.28. The van der Waals surface area contributed by atoms with Crippen LogP contribution in [0.1, 0.15) is 23.1 Å². The van der Waals surface area contributed by atoms with Gasteiger partial charge in [0.2, 0.25) is 0 Å². The van der Waals surface area contributed by atoms with Crippen LogP contribution in [0, 0.1) is 6.92 Å². The summed E-state index contributed by atoms with van der Waals surface area (Å²) in [7, 11) is 0. The zero-order valence-electron chi connectivity index (χ0n) is 10.9. The number of nitrogens with zero attached hydrogens (tertiary/aromatic N) is 1. The van der Waals surface area contributed by atoms with Gasteiger partial charge in [-0.1, -0.05) is 23.2 Å². The average Bonchev–Trinajstić information content (AvgIpc) is 2.84. The molecule has 5 heteroatoms. The molecule has 3 aromatic rings. The Kier molecular flexibility index (Phi) is 3.44. The van der Waals surface area contributed by atoms with E-state index in [1.165, 1.54) is 5.56 Å². The molecule has 0 aliphatic heterocycles. The maximum absolute atomic E-state index is 6.17. The smallest absolute Gasteiger partial charge is 0.134 e. The average molecular weight is 288 g/mol. The van der Waals surface area contributed by atoms with Gasteiger partial charge in [-0.2, -0.15) is 0 Å². The van der Waals surface area contributed by atoms with E-state index in [1.54, 1.807) is 18.3 Å². The molecule has 0 amide bonds. The number of rotatable bonds is 3. The Labute approximate surface area is 121 Å². The van der Waals surface area contributed by atoms with Crippen molar-refractivity contribution in [2.24, 2.45) is 5.84 Å². The van der Waals surface area contributed by atoms with Gasteiger partial charge in [0.25, 0.3) is 0 Å². The summed E-state index contributed by atoms with van der Waals surface area (Å²) >= 11 is 6.17. The zero-order valence-corrected chi connectivity index (χ0v) is 11.7. The maximum Gasteiger partial charge on any atom is 0.134 e. The molecule has 3 rings (SSSR count). The van der Waals surface area contributed by atoms with Crippen LogP contribution in [-0.4, -0.2) is 4.98 Å². The van der Waals surface area contributed by atoms with Crippen LogP contribution in [0.25, 0.3) is 11.0 Å². The number of aromatic nitrogens is 1. The lowest BCUT2D eigenvalue weighted by atomic mass is 10.1. The fourth-order valence-corrected chi connectivity index (χ4v) is 2.46. The van der Waals surface area contributed by atoms with Crippen LogP contribution in [0.3, 0.4) is 0 Å². The van der Waals surface area contributed by atoms with Crippen molar-refractivity contribution in [2.45, 2.75) is 13.0 Å². The first-order valence-corrected chi connectivity index (χ1v) is 6.63. The van der Waals surface area contributed by atoms with Crippen molar-refractivity contribution < 1.29 is 4.42 Å². The molecule has 0 radical (unpaired) electrons. The Hall–Kier alpha value is -1.88. The number of benzene rings is 1. The first-order valence-electron chi connectivity index (χ1n) is 6.25. The number of pyridine rings is 1. The predicted molar refractivity (Wildman–Crippen MR) is 79.4 cm³/mol. The van der Waals surface area contributed by atoms with Gasteiger partial charge in [-0.15, -0.1) is 0 Å². The van der Waals surface area contributed by atoms with E-state index in [2.05, 4.69) is 16.5 Å². The van der Waals surface area contributed by atoms with Crippen LogP contribution in [0.15, 0.2) is 47.0 Å². The standard InChI is InChI=1S/C15H14ClN3O/c1-9-4-5-12-10(7-9)8-13(20-12)15(19-17)14-11(16)3-2-6-18-14/h2-8,15,19H,17H2,1H3. The highest BCUT2D eigenvalue weighted by Crippen LogP contribution is 2.30. The molecule has 1 atom stereocenters. The Balaban J connectivity index is 2.10. The number of hydrogen-bond acceptors (Lipinski definition) is 4. The van der Waals surface area contributed by atoms with E-state index in [1.807, 2.05) is 25.1 Å². The van der Waals surface area contributed by atoms with Crippen molar-refractivity contribution in [1.29, 1.82) is 0 Å². The van der Waals surface area contributed by atoms with Crippen LogP contribution in [0.4, 0.5) is 0 Å². The quantitative estimate of drug-likeness (QED) is 0.573. The van der Waals surface area contributed by atoms with Crippen LogP contribution in [0.5, 0.6) is 0 Å². The third-order valence-corrected chi connectivity index (χ3v) is 3.52. The topological polar surface area (TPSA) is 64.1 Å². The highest BCUT2D eigenvalue weighted by Gasteiger charge is 2.20. The number of furan rings is 1. The molecule has 4 nitrogen and oxygen atoms in total. The lowest BCUT2D eigenvalue weighted by Crippen LogP contribution is -2.29. The van der Waals surface area contributed by atoms with Gasteiger partial charge >= 0.3 is 0 Å². The monoisotopic (exact) mass is 287 g/mol. The van der Waals surface area contributed by atoms with Gasteiger partial charge in [-0.05, 0) is 37.3 Å². The molecule has 1 unspecified atom stereocenters. The predicted octanol–water partition coefficient (Wildman–Crippen LogP) is 3.34. The summed E-state index contributed by atoms with van der Waals surface area (Å²) in [5.74, 6) is 6.34. The normalized spacial score (nSPS) is 12.8. The summed E-state index contributed by atoms with van der Waals surface area (Å²) < 4.78 is 5.84. The fraction of sp³-hybridized carbons (Fsp3) is 0.133. The van der Waals surface area contributed by atoms with Crippen molar-refractivity contribution in [3.8, 4) is 0 Å². The molecule has 0 bridgehead atoms. The van der Waals surface area contributed by atoms with Gasteiger partial charge in [0.1, 0.15) is 17.4 Å². The van der Waals surface area contributed by atoms with E-state index in [0.717, 1.165) is 11.0 Å². The number of hydrogen-bond donors (Lipinski definition) is 2. The molecule has 0 saturated carbocycles. The number of halogens is 1. The summed E-state index contributed by atoms with van der Waals surface area (Å²) in [6, 6.07) is 11.2. The molecule has 0 aliphatic carbocycles. The molecule has 0 saturated heterocycles. The van der Waals surface area contributed by atoms with E-state index >= 15 is 0 Å². The first-order chi connectivity index (χ1) is 9.69. The lowest BCUT2D eigenvalue weighted by molar-refractivity contribution is 0.471. The summed E-state index contributed by atoms with van der Waals surface area (Å²) in [5, 5.41) is 1.58. The summed E-state index contributed by atoms with van der Waals surface area (Å²) in [6.07, 6.45) is 1.68. The van der Waals surface area contributed by atoms with Crippen molar-refractivity contribution in [3.05, 3.63) is 64.6 Å². The van der Waals surface area contributed by atoms with Gasteiger partial charge < -0.3 is 4.42 Å². The molecule has 102 valence electrons. The Morgan fingerprint density at radius 2 is 2.15 bits per heavy atom. The molecule has 3 N–H and O–H groups in total. The van der Waals surface area contributed by atoms with E-state index in [-0.39, 0.29) is 6.04 Å². The molecule has 1 aromatic carbocycles. The summed E-state index contributed by atoms with van der Waals surface area (Å²) in [5.41, 5.74) is 5.35. The third-order valence-electron chi connectivity index (χ3n) is 3.20. The van der Waals surface area contributed by atoms with Crippen molar-refractivity contribution >= 4 is 22.6 Å². The van der Waals surface area contributed by atoms with Crippen molar-refractivity contribution in [3.63, 3.8) is 0 Å². The molecule has 2 heterocycles. The minimum Gasteiger partial charge on any atom is -0.459 e. The second-order valence-electron chi connectivity index (χ2n) is 4.66. The molecule has 0 spiro atoms. The van der Waals surface area contributed by atoms with Gasteiger partial charge in [0.15, 0.2) is 0 Å². The van der Waals surface area contributed by atoms with E-state index in [4.69, 9.17) is 21.9 Å². The van der Waals surface area contributed by atoms with Gasteiger partial charge in [0.05, 0.1) is 10.7 Å². The van der Waals surface area contributed by atoms with Crippen LogP contribution in [-0.2, 0) is 0 Å². The minimum absolute atomic E-state index is 0.378. The molecule has 0 fully saturated rings. The van der Waals surface area contributed by atoms with Crippen LogP contribution in [0.2, 0.25) is 5.02 Å². The number of nitrogens with two attached hydrogens (primary N) is 1. The minimum atomic E-state index is -0.378. The second kappa shape index (κ2) is 5.25. The highest BCUT2D eigenvalue weighted by molar-refractivity contribution is 6.31. The van der Waals surface area contributed by atoms with Gasteiger partial charge in [-0.3, -0.25) is 10.8 Å². The lowest BCUT2D eigenvalue weighted by Gasteiger charge is -2.13. The maximum atomic E-state index is 6.17. The zero-order chi connectivity index (χ0) is 14.1. The van der Waals surface area contributed by atoms with Gasteiger partial charge in [0, 0.05) is 11.6 Å². The van der Waals surface area contributed by atoms with E-state index < -0.39 is 0 Å². The van der Waals surface area contributed by atoms with Crippen LogP contribution >= 0.6 is 11.6 Å². The Morgan fingerprint density at radius 3 is 2.90 bits per heavy atom. The van der Waals surface area contributed by atoms with E-state index in [9.17, 15) is 0 Å². The largest absolute Gasteiger partial charge is 0.459 e. The number of hydrazine groups is 1. The molecular weight excluding hydrogens is 274 g/mol. The number of fused-ring (bicyclic) bond motifs is 1. The highest BCUT2D eigenvalue weighted by atomic mass is 35.5.